The lowest BCUT2D eigenvalue weighted by Crippen LogP contribution is -2.40. The number of hydrogen-bond acceptors (Lipinski definition) is 4. The van der Waals surface area contributed by atoms with Gasteiger partial charge in [0.2, 0.25) is 0 Å². The van der Waals surface area contributed by atoms with Gasteiger partial charge < -0.3 is 9.73 Å². The number of sulfone groups is 1. The maximum atomic E-state index is 12.6. The molecule has 3 rings (SSSR count). The molecule has 0 saturated heterocycles. The molecule has 1 aliphatic carbocycles. The predicted molar refractivity (Wildman–Crippen MR) is 99.7 cm³/mol. The van der Waals surface area contributed by atoms with Crippen molar-refractivity contribution in [1.82, 2.24) is 5.32 Å². The first-order valence-corrected chi connectivity index (χ1v) is 10.7. The van der Waals surface area contributed by atoms with E-state index in [1.54, 1.807) is 43.3 Å². The van der Waals surface area contributed by atoms with Gasteiger partial charge in [0.05, 0.1) is 4.90 Å². The number of furan rings is 1. The van der Waals surface area contributed by atoms with Crippen LogP contribution in [0.5, 0.6) is 0 Å². The van der Waals surface area contributed by atoms with Crippen molar-refractivity contribution in [3.8, 4) is 0 Å². The second-order valence-electron chi connectivity index (χ2n) is 7.13. The first-order valence-electron chi connectivity index (χ1n) is 9.05. The molecule has 1 aromatic heterocycles. The summed E-state index contributed by atoms with van der Waals surface area (Å²) in [5, 5.41) is 3.02. The van der Waals surface area contributed by atoms with Crippen LogP contribution < -0.4 is 5.32 Å². The number of amides is 1. The number of nitrogens with one attached hydrogen (secondary N) is 1. The predicted octanol–water partition coefficient (Wildman–Crippen LogP) is 3.87. The van der Waals surface area contributed by atoms with Gasteiger partial charge in [-0.05, 0) is 49.4 Å². The summed E-state index contributed by atoms with van der Waals surface area (Å²) in [5.74, 6) is 0.352. The third-order valence-corrected chi connectivity index (χ3v) is 6.87. The highest BCUT2D eigenvalue weighted by Gasteiger charge is 2.25. The lowest BCUT2D eigenvalue weighted by molar-refractivity contribution is 0.0880. The van der Waals surface area contributed by atoms with E-state index < -0.39 is 9.84 Å². The van der Waals surface area contributed by atoms with Gasteiger partial charge in [-0.3, -0.25) is 4.79 Å². The van der Waals surface area contributed by atoms with Gasteiger partial charge in [0, 0.05) is 6.04 Å². The van der Waals surface area contributed by atoms with Crippen molar-refractivity contribution in [3.63, 3.8) is 0 Å². The minimum atomic E-state index is -3.52. The van der Waals surface area contributed by atoms with Crippen LogP contribution in [0, 0.1) is 12.8 Å². The third kappa shape index (κ3) is 4.18. The molecule has 1 saturated carbocycles. The highest BCUT2D eigenvalue weighted by molar-refractivity contribution is 7.90. The topological polar surface area (TPSA) is 76.4 Å². The summed E-state index contributed by atoms with van der Waals surface area (Å²) in [5.41, 5.74) is 0.698. The van der Waals surface area contributed by atoms with Crippen molar-refractivity contribution in [2.75, 3.05) is 0 Å². The first kappa shape index (κ1) is 18.7. The molecular weight excluding hydrogens is 350 g/mol. The minimum Gasteiger partial charge on any atom is -0.455 e. The number of benzene rings is 1. The molecule has 0 bridgehead atoms. The Hall–Kier alpha value is -2.08. The van der Waals surface area contributed by atoms with Crippen LogP contribution in [0.4, 0.5) is 0 Å². The van der Waals surface area contributed by atoms with Gasteiger partial charge in [0.1, 0.15) is 11.5 Å². The molecule has 1 N–H and O–H groups in total. The smallest absolute Gasteiger partial charge is 0.287 e. The van der Waals surface area contributed by atoms with Crippen LogP contribution in [0.25, 0.3) is 0 Å². The second kappa shape index (κ2) is 7.66. The average molecular weight is 375 g/mol. The fourth-order valence-electron chi connectivity index (χ4n) is 3.52. The van der Waals surface area contributed by atoms with Gasteiger partial charge >= 0.3 is 0 Å². The number of carbonyl (C=O) groups excluding carboxylic acids is 1. The molecule has 140 valence electrons. The molecule has 0 radical (unpaired) electrons. The lowest BCUT2D eigenvalue weighted by Gasteiger charge is -2.29. The number of carbonyl (C=O) groups is 1. The summed E-state index contributed by atoms with van der Waals surface area (Å²) in [6.45, 7) is 3.91. The molecule has 1 aromatic carbocycles. The number of hydrogen-bond donors (Lipinski definition) is 1. The van der Waals surface area contributed by atoms with E-state index in [1.807, 2.05) is 0 Å². The molecule has 1 aliphatic rings. The van der Waals surface area contributed by atoms with Crippen LogP contribution in [-0.4, -0.2) is 20.4 Å². The van der Waals surface area contributed by atoms with E-state index in [4.69, 9.17) is 4.42 Å². The zero-order chi connectivity index (χ0) is 18.7. The van der Waals surface area contributed by atoms with Crippen molar-refractivity contribution in [2.24, 2.45) is 5.92 Å². The Morgan fingerprint density at radius 1 is 1.15 bits per heavy atom. The zero-order valence-corrected chi connectivity index (χ0v) is 16.0. The molecular formula is C20H25NO4S. The van der Waals surface area contributed by atoms with E-state index >= 15 is 0 Å². The molecule has 0 unspecified atom stereocenters. The largest absolute Gasteiger partial charge is 0.455 e. The molecule has 1 fully saturated rings. The maximum absolute atomic E-state index is 12.6. The van der Waals surface area contributed by atoms with E-state index in [1.165, 1.54) is 6.42 Å². The summed E-state index contributed by atoms with van der Waals surface area (Å²) in [6, 6.07) is 10.1. The Balaban J connectivity index is 1.69. The van der Waals surface area contributed by atoms with Crippen molar-refractivity contribution in [2.45, 2.75) is 56.2 Å². The molecule has 26 heavy (non-hydrogen) atoms. The normalized spacial score (nSPS) is 20.7. The van der Waals surface area contributed by atoms with Crippen molar-refractivity contribution >= 4 is 15.7 Å². The summed E-state index contributed by atoms with van der Waals surface area (Å²) >= 11 is 0. The highest BCUT2D eigenvalue weighted by atomic mass is 32.2. The van der Waals surface area contributed by atoms with Crippen LogP contribution in [0.3, 0.4) is 0 Å². The molecule has 5 nitrogen and oxygen atoms in total. The van der Waals surface area contributed by atoms with Crippen LogP contribution in [0.1, 0.15) is 54.5 Å². The van der Waals surface area contributed by atoms with Crippen molar-refractivity contribution < 1.29 is 17.6 Å². The quantitative estimate of drug-likeness (QED) is 0.861. The van der Waals surface area contributed by atoms with Crippen molar-refractivity contribution in [3.05, 3.63) is 53.5 Å². The van der Waals surface area contributed by atoms with E-state index in [0.717, 1.165) is 19.3 Å². The van der Waals surface area contributed by atoms with E-state index in [0.29, 0.717) is 16.4 Å². The van der Waals surface area contributed by atoms with Crippen LogP contribution >= 0.6 is 0 Å². The van der Waals surface area contributed by atoms with Crippen LogP contribution in [0.15, 0.2) is 45.7 Å². The minimum absolute atomic E-state index is 0.153. The number of aryl methyl sites for hydroxylation is 1. The Bertz CT molecular complexity index is 885. The Labute approximate surface area is 154 Å². The van der Waals surface area contributed by atoms with E-state index in [-0.39, 0.29) is 29.2 Å². The monoisotopic (exact) mass is 375 g/mol. The molecule has 6 heteroatoms. The van der Waals surface area contributed by atoms with Gasteiger partial charge in [-0.25, -0.2) is 8.42 Å². The molecule has 2 aromatic rings. The molecule has 0 spiro atoms. The Morgan fingerprint density at radius 2 is 1.88 bits per heavy atom. The molecule has 2 atom stereocenters. The molecule has 1 heterocycles. The van der Waals surface area contributed by atoms with Gasteiger partial charge in [0.15, 0.2) is 15.6 Å². The second-order valence-corrected chi connectivity index (χ2v) is 9.09. The first-order chi connectivity index (χ1) is 12.4. The lowest BCUT2D eigenvalue weighted by atomic mass is 9.86. The average Bonchev–Trinajstić information content (AvgIpc) is 3.05. The fourth-order valence-corrected chi connectivity index (χ4v) is 5.05. The summed E-state index contributed by atoms with van der Waals surface area (Å²) in [6.07, 6.45) is 4.41. The molecule has 1 amide bonds. The number of rotatable bonds is 5. The fraction of sp³-hybridized carbons (Fsp3) is 0.450. The van der Waals surface area contributed by atoms with Gasteiger partial charge in [-0.2, -0.15) is 0 Å². The Kier molecular flexibility index (Phi) is 5.51. The van der Waals surface area contributed by atoms with Crippen molar-refractivity contribution in [1.29, 1.82) is 0 Å². The molecule has 0 aliphatic heterocycles. The van der Waals surface area contributed by atoms with E-state index in [2.05, 4.69) is 12.2 Å². The highest BCUT2D eigenvalue weighted by Crippen LogP contribution is 2.25. The third-order valence-electron chi connectivity index (χ3n) is 5.07. The van der Waals surface area contributed by atoms with Crippen LogP contribution in [0.2, 0.25) is 0 Å². The summed E-state index contributed by atoms with van der Waals surface area (Å²) in [4.78, 5) is 12.7. The van der Waals surface area contributed by atoms with Gasteiger partial charge in [-0.1, -0.05) is 38.0 Å². The van der Waals surface area contributed by atoms with Crippen LogP contribution in [-0.2, 0) is 15.6 Å². The zero-order valence-electron chi connectivity index (χ0n) is 15.2. The summed E-state index contributed by atoms with van der Waals surface area (Å²) in [7, 11) is -3.52. The van der Waals surface area contributed by atoms with Gasteiger partial charge in [0.25, 0.3) is 5.91 Å². The van der Waals surface area contributed by atoms with Gasteiger partial charge in [-0.15, -0.1) is 0 Å². The van der Waals surface area contributed by atoms with E-state index in [9.17, 15) is 13.2 Å². The summed E-state index contributed by atoms with van der Waals surface area (Å²) < 4.78 is 30.7. The maximum Gasteiger partial charge on any atom is 0.287 e. The standard InChI is InChI=1S/C20H25NO4S/c1-14-7-3-5-9-17(14)21-20(22)18-12-11-16(25-18)13-26(23,24)19-10-6-4-8-15(19)2/h4,6,8,10-12,14,17H,3,5,7,9,13H2,1-2H3,(H,21,22)/t14-,17-/m1/s1. The Morgan fingerprint density at radius 3 is 2.62 bits per heavy atom. The SMILES string of the molecule is Cc1ccccc1S(=O)(=O)Cc1ccc(C(=O)N[C@@H]2CCCC[C@H]2C)o1.